The van der Waals surface area contributed by atoms with Crippen LogP contribution in [0.25, 0.3) is 0 Å². The van der Waals surface area contributed by atoms with Gasteiger partial charge in [-0.2, -0.15) is 13.2 Å². The molecular weight excluding hydrogens is 255 g/mol. The molecule has 2 atom stereocenters. The second-order valence-corrected chi connectivity index (χ2v) is 4.33. The van der Waals surface area contributed by atoms with Crippen molar-refractivity contribution in [3.8, 4) is 0 Å². The molecule has 0 aromatic carbocycles. The van der Waals surface area contributed by atoms with Crippen LogP contribution >= 0.6 is 0 Å². The predicted octanol–water partition coefficient (Wildman–Crippen LogP) is 0.935. The third-order valence-electron chi connectivity index (χ3n) is 2.90. The lowest BCUT2D eigenvalue weighted by atomic mass is 9.97. The highest BCUT2D eigenvalue weighted by Gasteiger charge is 2.58. The quantitative estimate of drug-likeness (QED) is 0.799. The van der Waals surface area contributed by atoms with E-state index in [-0.39, 0.29) is 6.61 Å². The number of carbonyl (C=O) groups excluding carboxylic acids is 1. The molecule has 18 heavy (non-hydrogen) atoms. The van der Waals surface area contributed by atoms with E-state index in [9.17, 15) is 22.8 Å². The topological polar surface area (TPSA) is 75.6 Å². The summed E-state index contributed by atoms with van der Waals surface area (Å²) in [6.45, 7) is 0.898. The first-order chi connectivity index (χ1) is 8.18. The molecule has 1 saturated heterocycles. The highest BCUT2D eigenvalue weighted by Crippen LogP contribution is 2.31. The monoisotopic (exact) mass is 269 g/mol. The summed E-state index contributed by atoms with van der Waals surface area (Å²) in [5.74, 6) is -3.82. The summed E-state index contributed by atoms with van der Waals surface area (Å²) < 4.78 is 42.9. The summed E-state index contributed by atoms with van der Waals surface area (Å²) in [5, 5.41) is 10.2. The van der Waals surface area contributed by atoms with E-state index >= 15 is 0 Å². The van der Waals surface area contributed by atoms with Crippen LogP contribution in [-0.2, 0) is 14.3 Å². The first kappa shape index (κ1) is 14.7. The van der Waals surface area contributed by atoms with E-state index in [0.717, 1.165) is 0 Å². The zero-order valence-electron chi connectivity index (χ0n) is 9.71. The van der Waals surface area contributed by atoms with Crippen molar-refractivity contribution in [2.75, 3.05) is 13.2 Å². The number of hydrogen-bond acceptors (Lipinski definition) is 3. The molecule has 0 bridgehead atoms. The minimum atomic E-state index is -5.07. The minimum Gasteiger partial charge on any atom is -0.479 e. The van der Waals surface area contributed by atoms with Gasteiger partial charge in [-0.25, -0.2) is 4.79 Å². The highest BCUT2D eigenvalue weighted by atomic mass is 19.4. The summed E-state index contributed by atoms with van der Waals surface area (Å²) >= 11 is 0. The Hall–Kier alpha value is -1.31. The number of ether oxygens (including phenoxy) is 1. The Morgan fingerprint density at radius 2 is 2.00 bits per heavy atom. The molecule has 104 valence electrons. The summed E-state index contributed by atoms with van der Waals surface area (Å²) in [6.07, 6.45) is -4.11. The number of carboxylic acid groups (broad SMARTS) is 1. The lowest BCUT2D eigenvalue weighted by molar-refractivity contribution is -0.207. The third-order valence-corrected chi connectivity index (χ3v) is 2.90. The van der Waals surface area contributed by atoms with Crippen LogP contribution in [0.4, 0.5) is 13.2 Å². The van der Waals surface area contributed by atoms with Crippen LogP contribution in [0.2, 0.25) is 0 Å². The molecule has 0 aromatic rings. The van der Waals surface area contributed by atoms with Gasteiger partial charge in [0.25, 0.3) is 0 Å². The van der Waals surface area contributed by atoms with Gasteiger partial charge in [0.1, 0.15) is 0 Å². The van der Waals surface area contributed by atoms with E-state index in [1.54, 1.807) is 5.32 Å². The van der Waals surface area contributed by atoms with Crippen molar-refractivity contribution in [3.63, 3.8) is 0 Å². The maximum Gasteiger partial charge on any atom is 0.422 e. The summed E-state index contributed by atoms with van der Waals surface area (Å²) in [5.41, 5.74) is -3.28. The lowest BCUT2D eigenvalue weighted by Crippen LogP contribution is -2.63. The summed E-state index contributed by atoms with van der Waals surface area (Å²) in [4.78, 5) is 22.3. The number of carbonyl (C=O) groups is 2. The Bertz CT molecular complexity index is 339. The molecule has 1 fully saturated rings. The maximum absolute atomic E-state index is 12.7. The van der Waals surface area contributed by atoms with Gasteiger partial charge in [0, 0.05) is 6.61 Å². The fraction of sp³-hybridized carbons (Fsp3) is 0.800. The molecule has 2 N–H and O–H groups in total. The van der Waals surface area contributed by atoms with Crippen molar-refractivity contribution in [1.29, 1.82) is 0 Å². The Morgan fingerprint density at radius 1 is 1.39 bits per heavy atom. The van der Waals surface area contributed by atoms with Crippen molar-refractivity contribution in [2.45, 2.75) is 31.5 Å². The molecule has 1 rings (SSSR count). The van der Waals surface area contributed by atoms with Crippen LogP contribution in [0, 0.1) is 5.92 Å². The maximum atomic E-state index is 12.7. The van der Waals surface area contributed by atoms with Crippen molar-refractivity contribution in [1.82, 2.24) is 5.32 Å². The molecule has 1 amide bonds. The van der Waals surface area contributed by atoms with E-state index in [2.05, 4.69) is 0 Å². The zero-order valence-corrected chi connectivity index (χ0v) is 9.71. The van der Waals surface area contributed by atoms with Gasteiger partial charge in [0.05, 0.1) is 12.5 Å². The van der Waals surface area contributed by atoms with Crippen molar-refractivity contribution in [3.05, 3.63) is 0 Å². The Morgan fingerprint density at radius 3 is 2.39 bits per heavy atom. The number of alkyl halides is 3. The number of nitrogens with one attached hydrogen (secondary N) is 1. The van der Waals surface area contributed by atoms with Gasteiger partial charge in [-0.15, -0.1) is 0 Å². The molecule has 1 aliphatic heterocycles. The fourth-order valence-corrected chi connectivity index (χ4v) is 1.54. The number of carboxylic acids is 1. The zero-order chi connectivity index (χ0) is 14.0. The highest BCUT2D eigenvalue weighted by molar-refractivity contribution is 5.88. The third kappa shape index (κ3) is 2.92. The van der Waals surface area contributed by atoms with E-state index in [0.29, 0.717) is 26.4 Å². The SMILES string of the molecule is CC(NC(=O)C1CCCOC1)(C(=O)O)C(F)(F)F. The fourth-order valence-electron chi connectivity index (χ4n) is 1.54. The molecule has 0 spiro atoms. The van der Waals surface area contributed by atoms with Crippen LogP contribution in [0.1, 0.15) is 19.8 Å². The molecule has 5 nitrogen and oxygen atoms in total. The first-order valence-corrected chi connectivity index (χ1v) is 5.38. The molecule has 1 heterocycles. The standard InChI is InChI=1S/C10H14F3NO4/c1-9(8(16)17,10(11,12)13)14-7(15)6-3-2-4-18-5-6/h6H,2-5H2,1H3,(H,14,15)(H,16,17). The van der Waals surface area contributed by atoms with Crippen LogP contribution in [-0.4, -0.2) is 41.9 Å². The lowest BCUT2D eigenvalue weighted by Gasteiger charge is -2.31. The summed E-state index contributed by atoms with van der Waals surface area (Å²) in [7, 11) is 0. The van der Waals surface area contributed by atoms with Gasteiger partial charge in [0.15, 0.2) is 0 Å². The largest absolute Gasteiger partial charge is 0.479 e. The molecular formula is C10H14F3NO4. The molecule has 1 aliphatic rings. The molecule has 0 aromatic heterocycles. The number of halogens is 3. The van der Waals surface area contributed by atoms with E-state index in [1.165, 1.54) is 0 Å². The average molecular weight is 269 g/mol. The second-order valence-electron chi connectivity index (χ2n) is 4.33. The molecule has 0 saturated carbocycles. The number of hydrogen-bond donors (Lipinski definition) is 2. The number of aliphatic carboxylic acids is 1. The van der Waals surface area contributed by atoms with Crippen LogP contribution in [0.15, 0.2) is 0 Å². The van der Waals surface area contributed by atoms with Crippen LogP contribution in [0.3, 0.4) is 0 Å². The normalized spacial score (nSPS) is 24.1. The van der Waals surface area contributed by atoms with Gasteiger partial charge >= 0.3 is 12.1 Å². The van der Waals surface area contributed by atoms with Crippen LogP contribution in [0.5, 0.6) is 0 Å². The smallest absolute Gasteiger partial charge is 0.422 e. The number of rotatable bonds is 3. The Kier molecular flexibility index (Phi) is 4.20. The minimum absolute atomic E-state index is 0.0133. The van der Waals surface area contributed by atoms with E-state index < -0.39 is 29.5 Å². The number of amides is 1. The van der Waals surface area contributed by atoms with Gasteiger partial charge in [-0.05, 0) is 19.8 Å². The molecule has 0 radical (unpaired) electrons. The molecule has 2 unspecified atom stereocenters. The Balaban J connectivity index is 2.78. The van der Waals surface area contributed by atoms with E-state index in [4.69, 9.17) is 9.84 Å². The predicted molar refractivity (Wildman–Crippen MR) is 53.8 cm³/mol. The first-order valence-electron chi connectivity index (χ1n) is 5.38. The molecule has 0 aliphatic carbocycles. The van der Waals surface area contributed by atoms with Crippen molar-refractivity contribution < 1.29 is 32.6 Å². The van der Waals surface area contributed by atoms with Crippen molar-refractivity contribution >= 4 is 11.9 Å². The average Bonchev–Trinajstić information content (AvgIpc) is 2.28. The van der Waals surface area contributed by atoms with Crippen LogP contribution < -0.4 is 5.32 Å². The van der Waals surface area contributed by atoms with Gasteiger partial charge in [-0.3, -0.25) is 4.79 Å². The van der Waals surface area contributed by atoms with Gasteiger partial charge < -0.3 is 15.2 Å². The van der Waals surface area contributed by atoms with Crippen molar-refractivity contribution in [2.24, 2.45) is 5.92 Å². The van der Waals surface area contributed by atoms with E-state index in [1.807, 2.05) is 0 Å². The van der Waals surface area contributed by atoms with Gasteiger partial charge in [0.2, 0.25) is 11.4 Å². The Labute approximate surface area is 101 Å². The second kappa shape index (κ2) is 5.13. The van der Waals surface area contributed by atoms with Gasteiger partial charge in [-0.1, -0.05) is 0 Å². The summed E-state index contributed by atoms with van der Waals surface area (Å²) in [6, 6.07) is 0. The molecule has 8 heteroatoms.